The first-order valence-electron chi connectivity index (χ1n) is 5.28. The van der Waals surface area contributed by atoms with Crippen molar-refractivity contribution in [2.75, 3.05) is 13.7 Å². The Bertz CT molecular complexity index is 243. The zero-order chi connectivity index (χ0) is 12.2. The lowest BCUT2D eigenvalue weighted by Gasteiger charge is -2.30. The third-order valence-corrected chi connectivity index (χ3v) is 2.78. The summed E-state index contributed by atoms with van der Waals surface area (Å²) in [5.41, 5.74) is 0. The molecule has 0 aliphatic heterocycles. The minimum absolute atomic E-state index is 0.0149. The molecule has 0 aromatic heterocycles. The monoisotopic (exact) mass is 239 g/mol. The van der Waals surface area contributed by atoms with Gasteiger partial charge in [-0.1, -0.05) is 6.42 Å². The number of carbonyl (C=O) groups excluding carboxylic acids is 1. The van der Waals surface area contributed by atoms with Gasteiger partial charge in [-0.05, 0) is 19.3 Å². The highest BCUT2D eigenvalue weighted by atomic mass is 19.4. The largest absolute Gasteiger partial charge is 0.391 e. The third-order valence-electron chi connectivity index (χ3n) is 2.78. The van der Waals surface area contributed by atoms with Crippen LogP contribution in [0.2, 0.25) is 0 Å². The molecule has 1 aliphatic rings. The number of amides is 1. The van der Waals surface area contributed by atoms with Gasteiger partial charge in [0.25, 0.3) is 0 Å². The van der Waals surface area contributed by atoms with E-state index in [1.54, 1.807) is 0 Å². The molecule has 1 amide bonds. The van der Waals surface area contributed by atoms with Crippen LogP contribution in [-0.4, -0.2) is 31.8 Å². The molecule has 0 aromatic carbocycles. The second-order valence-corrected chi connectivity index (χ2v) is 4.10. The molecule has 1 aliphatic carbocycles. The van der Waals surface area contributed by atoms with E-state index in [1.165, 1.54) is 7.11 Å². The molecular weight excluding hydrogens is 223 g/mol. The van der Waals surface area contributed by atoms with Crippen LogP contribution < -0.4 is 5.32 Å². The molecule has 0 saturated heterocycles. The maximum absolute atomic E-state index is 12.5. The molecule has 0 bridgehead atoms. The maximum Gasteiger partial charge on any atom is 0.391 e. The fraction of sp³-hybridized carbons (Fsp3) is 0.900. The number of alkyl halides is 3. The molecule has 6 heteroatoms. The molecule has 0 spiro atoms. The smallest absolute Gasteiger partial charge is 0.375 e. The fourth-order valence-corrected chi connectivity index (χ4v) is 2.02. The van der Waals surface area contributed by atoms with E-state index >= 15 is 0 Å². The van der Waals surface area contributed by atoms with Gasteiger partial charge in [0, 0.05) is 13.2 Å². The van der Waals surface area contributed by atoms with Gasteiger partial charge in [-0.25, -0.2) is 0 Å². The summed E-state index contributed by atoms with van der Waals surface area (Å²) in [6, 6.07) is -0.372. The van der Waals surface area contributed by atoms with Crippen molar-refractivity contribution >= 4 is 5.91 Å². The van der Waals surface area contributed by atoms with E-state index in [4.69, 9.17) is 0 Å². The fourth-order valence-electron chi connectivity index (χ4n) is 2.02. The van der Waals surface area contributed by atoms with Crippen molar-refractivity contribution in [2.24, 2.45) is 5.92 Å². The summed E-state index contributed by atoms with van der Waals surface area (Å²) in [4.78, 5) is 11.2. The van der Waals surface area contributed by atoms with Gasteiger partial charge in [0.2, 0.25) is 5.91 Å². The quantitative estimate of drug-likeness (QED) is 0.816. The van der Waals surface area contributed by atoms with Gasteiger partial charge in [-0.15, -0.1) is 0 Å². The Hall–Kier alpha value is -0.780. The van der Waals surface area contributed by atoms with E-state index in [-0.39, 0.29) is 31.4 Å². The van der Waals surface area contributed by atoms with Crippen LogP contribution in [0.15, 0.2) is 0 Å². The second kappa shape index (κ2) is 5.52. The number of methoxy groups -OCH3 is 1. The van der Waals surface area contributed by atoms with Gasteiger partial charge in [0.05, 0.1) is 5.92 Å². The Kier molecular flexibility index (Phi) is 4.58. The van der Waals surface area contributed by atoms with Crippen LogP contribution in [0.5, 0.6) is 0 Å². The summed E-state index contributed by atoms with van der Waals surface area (Å²) in [6.45, 7) is -0.104. The average molecular weight is 239 g/mol. The minimum Gasteiger partial charge on any atom is -0.375 e. The minimum atomic E-state index is -4.15. The van der Waals surface area contributed by atoms with Crippen LogP contribution in [0.3, 0.4) is 0 Å². The van der Waals surface area contributed by atoms with Crippen LogP contribution in [0, 0.1) is 5.92 Å². The van der Waals surface area contributed by atoms with Gasteiger partial charge in [-0.2, -0.15) is 13.2 Å². The number of hydrogen-bond acceptors (Lipinski definition) is 2. The summed E-state index contributed by atoms with van der Waals surface area (Å²) in [7, 11) is 1.37. The number of halogens is 3. The first-order valence-corrected chi connectivity index (χ1v) is 5.28. The Morgan fingerprint density at radius 2 is 2.12 bits per heavy atom. The first kappa shape index (κ1) is 13.3. The van der Waals surface area contributed by atoms with Crippen molar-refractivity contribution < 1.29 is 22.7 Å². The summed E-state index contributed by atoms with van der Waals surface area (Å²) in [6.07, 6.45) is -2.88. The zero-order valence-corrected chi connectivity index (χ0v) is 9.14. The van der Waals surface area contributed by atoms with Crippen LogP contribution in [0.25, 0.3) is 0 Å². The predicted octanol–water partition coefficient (Wildman–Crippen LogP) is 1.87. The summed E-state index contributed by atoms with van der Waals surface area (Å²) in [5.74, 6) is -1.63. The Balaban J connectivity index is 2.42. The van der Waals surface area contributed by atoms with Gasteiger partial charge in [0.15, 0.2) is 0 Å². The SMILES string of the molecule is COCC(=O)N[C@@H]1CCC[C@H](C(F)(F)F)C1. The van der Waals surface area contributed by atoms with Gasteiger partial charge in [-0.3, -0.25) is 4.79 Å². The summed E-state index contributed by atoms with van der Waals surface area (Å²) >= 11 is 0. The van der Waals surface area contributed by atoms with Crippen LogP contribution in [0.4, 0.5) is 13.2 Å². The van der Waals surface area contributed by atoms with E-state index in [0.29, 0.717) is 12.8 Å². The highest BCUT2D eigenvalue weighted by Gasteiger charge is 2.42. The first-order chi connectivity index (χ1) is 7.43. The van der Waals surface area contributed by atoms with Gasteiger partial charge >= 0.3 is 6.18 Å². The molecule has 1 saturated carbocycles. The highest BCUT2D eigenvalue weighted by molar-refractivity contribution is 5.77. The van der Waals surface area contributed by atoms with Crippen molar-refractivity contribution in [3.8, 4) is 0 Å². The molecule has 0 heterocycles. The molecular formula is C10H16F3NO2. The number of carbonyl (C=O) groups is 1. The van der Waals surface area contributed by atoms with Gasteiger partial charge < -0.3 is 10.1 Å². The highest BCUT2D eigenvalue weighted by Crippen LogP contribution is 2.37. The van der Waals surface area contributed by atoms with Crippen LogP contribution in [-0.2, 0) is 9.53 Å². The molecule has 0 radical (unpaired) electrons. The molecule has 1 rings (SSSR count). The van der Waals surface area contributed by atoms with E-state index in [2.05, 4.69) is 10.1 Å². The number of hydrogen-bond donors (Lipinski definition) is 1. The van der Waals surface area contributed by atoms with E-state index in [9.17, 15) is 18.0 Å². The maximum atomic E-state index is 12.5. The summed E-state index contributed by atoms with van der Waals surface area (Å²) < 4.78 is 42.0. The average Bonchev–Trinajstić information content (AvgIpc) is 2.17. The van der Waals surface area contributed by atoms with Crippen molar-refractivity contribution in [2.45, 2.75) is 37.9 Å². The van der Waals surface area contributed by atoms with Crippen molar-refractivity contribution in [1.29, 1.82) is 0 Å². The predicted molar refractivity (Wildman–Crippen MR) is 51.8 cm³/mol. The molecule has 16 heavy (non-hydrogen) atoms. The Labute approximate surface area is 92.3 Å². The lowest BCUT2D eigenvalue weighted by molar-refractivity contribution is -0.184. The molecule has 2 atom stereocenters. The molecule has 1 fully saturated rings. The lowest BCUT2D eigenvalue weighted by Crippen LogP contribution is -2.42. The molecule has 1 N–H and O–H groups in total. The molecule has 94 valence electrons. The van der Waals surface area contributed by atoms with E-state index in [0.717, 1.165) is 0 Å². The van der Waals surface area contributed by atoms with E-state index in [1.807, 2.05) is 0 Å². The molecule has 0 aromatic rings. The third kappa shape index (κ3) is 4.00. The molecule has 0 unspecified atom stereocenters. The van der Waals surface area contributed by atoms with E-state index < -0.39 is 12.1 Å². The number of rotatable bonds is 3. The topological polar surface area (TPSA) is 38.3 Å². The Morgan fingerprint density at radius 1 is 1.44 bits per heavy atom. The lowest BCUT2D eigenvalue weighted by atomic mass is 9.85. The van der Waals surface area contributed by atoms with Crippen LogP contribution in [0.1, 0.15) is 25.7 Å². The number of nitrogens with one attached hydrogen (secondary N) is 1. The normalized spacial score (nSPS) is 26.5. The second-order valence-electron chi connectivity index (χ2n) is 4.10. The van der Waals surface area contributed by atoms with Crippen molar-refractivity contribution in [3.05, 3.63) is 0 Å². The van der Waals surface area contributed by atoms with Gasteiger partial charge in [0.1, 0.15) is 6.61 Å². The van der Waals surface area contributed by atoms with Crippen LogP contribution >= 0.6 is 0 Å². The zero-order valence-electron chi connectivity index (χ0n) is 9.14. The van der Waals surface area contributed by atoms with Crippen molar-refractivity contribution in [1.82, 2.24) is 5.32 Å². The Morgan fingerprint density at radius 3 is 2.69 bits per heavy atom. The molecule has 3 nitrogen and oxygen atoms in total. The van der Waals surface area contributed by atoms with Crippen molar-refractivity contribution in [3.63, 3.8) is 0 Å². The number of ether oxygens (including phenoxy) is 1. The standard InChI is InChI=1S/C10H16F3NO2/c1-16-6-9(15)14-8-4-2-3-7(5-8)10(11,12)13/h7-8H,2-6H2,1H3,(H,14,15)/t7-,8+/m0/s1. The summed E-state index contributed by atoms with van der Waals surface area (Å²) in [5, 5.41) is 2.56.